The van der Waals surface area contributed by atoms with Gasteiger partial charge in [-0.25, -0.2) is 4.39 Å². The molecule has 1 aromatic carbocycles. The summed E-state index contributed by atoms with van der Waals surface area (Å²) in [7, 11) is 0. The third kappa shape index (κ3) is 3.11. The number of halogens is 3. The van der Waals surface area contributed by atoms with E-state index in [2.05, 4.69) is 22.0 Å². The molecule has 92 valence electrons. The summed E-state index contributed by atoms with van der Waals surface area (Å²) in [4.78, 5) is 0. The summed E-state index contributed by atoms with van der Waals surface area (Å²) in [5, 5.41) is 8.92. The molecule has 0 saturated heterocycles. The van der Waals surface area contributed by atoms with Crippen LogP contribution in [0.1, 0.15) is 32.3 Å². The smallest absolute Gasteiger partial charge is 0.159 e. The van der Waals surface area contributed by atoms with E-state index in [0.29, 0.717) is 11.3 Å². The van der Waals surface area contributed by atoms with Crippen molar-refractivity contribution >= 4 is 27.5 Å². The fourth-order valence-corrected chi connectivity index (χ4v) is 2.21. The van der Waals surface area contributed by atoms with Crippen molar-refractivity contribution in [3.63, 3.8) is 0 Å². The van der Waals surface area contributed by atoms with Gasteiger partial charge in [-0.05, 0) is 42.8 Å². The van der Waals surface area contributed by atoms with Crippen molar-refractivity contribution in [2.75, 3.05) is 0 Å². The average Bonchev–Trinajstić information content (AvgIpc) is 2.28. The van der Waals surface area contributed by atoms with E-state index in [4.69, 9.17) is 21.6 Å². The molecule has 0 radical (unpaired) electrons. The first-order valence-corrected chi connectivity index (χ1v) is 6.29. The van der Waals surface area contributed by atoms with Crippen LogP contribution in [0.4, 0.5) is 4.39 Å². The zero-order valence-corrected chi connectivity index (χ0v) is 12.1. The van der Waals surface area contributed by atoms with Gasteiger partial charge in [0.25, 0.3) is 0 Å². The number of nitrogens with zero attached hydrogens (tertiary/aromatic N) is 1. The molecular weight excluding hydrogens is 308 g/mol. The second kappa shape index (κ2) is 5.70. The number of hydrogen-bond acceptors (Lipinski definition) is 2. The highest BCUT2D eigenvalue weighted by Crippen LogP contribution is 2.39. The predicted octanol–water partition coefficient (Wildman–Crippen LogP) is 4.66. The SMILES string of the molecule is CC(C)Oc1c(C(C)C#N)cc(Cl)c(F)c1Br. The summed E-state index contributed by atoms with van der Waals surface area (Å²) in [5.41, 5.74) is 0.583. The van der Waals surface area contributed by atoms with Crippen LogP contribution in [0.5, 0.6) is 5.75 Å². The molecule has 0 heterocycles. The Balaban J connectivity index is 3.41. The van der Waals surface area contributed by atoms with Gasteiger partial charge in [0.2, 0.25) is 0 Å². The van der Waals surface area contributed by atoms with Crippen LogP contribution >= 0.6 is 27.5 Å². The molecule has 0 saturated carbocycles. The summed E-state index contributed by atoms with van der Waals surface area (Å²) in [6.07, 6.45) is -0.114. The van der Waals surface area contributed by atoms with Gasteiger partial charge in [-0.15, -0.1) is 0 Å². The fraction of sp³-hybridized carbons (Fsp3) is 0.417. The quantitative estimate of drug-likeness (QED) is 0.759. The molecule has 0 amide bonds. The lowest BCUT2D eigenvalue weighted by Gasteiger charge is -2.18. The van der Waals surface area contributed by atoms with Crippen molar-refractivity contribution in [3.8, 4) is 11.8 Å². The van der Waals surface area contributed by atoms with E-state index < -0.39 is 11.7 Å². The Labute approximate surface area is 113 Å². The van der Waals surface area contributed by atoms with Gasteiger partial charge in [-0.3, -0.25) is 0 Å². The van der Waals surface area contributed by atoms with Crippen LogP contribution in [0.3, 0.4) is 0 Å². The van der Waals surface area contributed by atoms with Crippen LogP contribution in [0.15, 0.2) is 10.5 Å². The van der Waals surface area contributed by atoms with Gasteiger partial charge in [0, 0.05) is 5.56 Å². The van der Waals surface area contributed by atoms with Gasteiger partial charge in [0.05, 0.1) is 27.6 Å². The molecule has 0 aliphatic heterocycles. The van der Waals surface area contributed by atoms with E-state index in [1.165, 1.54) is 6.07 Å². The Hall–Kier alpha value is -0.790. The fourth-order valence-electron chi connectivity index (χ4n) is 1.34. The van der Waals surface area contributed by atoms with Crippen LogP contribution in [0, 0.1) is 17.1 Å². The van der Waals surface area contributed by atoms with Gasteiger partial charge in [0.15, 0.2) is 5.82 Å². The highest BCUT2D eigenvalue weighted by Gasteiger charge is 2.21. The lowest BCUT2D eigenvalue weighted by Crippen LogP contribution is -2.10. The summed E-state index contributed by atoms with van der Waals surface area (Å²) < 4.78 is 19.3. The maximum atomic E-state index is 13.6. The van der Waals surface area contributed by atoms with E-state index >= 15 is 0 Å². The molecule has 0 aliphatic rings. The molecule has 0 spiro atoms. The maximum absolute atomic E-state index is 13.6. The Morgan fingerprint density at radius 2 is 2.06 bits per heavy atom. The van der Waals surface area contributed by atoms with Crippen LogP contribution in [0.25, 0.3) is 0 Å². The third-order valence-electron chi connectivity index (χ3n) is 2.16. The first kappa shape index (κ1) is 14.3. The molecule has 0 bridgehead atoms. The molecule has 5 heteroatoms. The lowest BCUT2D eigenvalue weighted by atomic mass is 10.0. The van der Waals surface area contributed by atoms with E-state index in [9.17, 15) is 4.39 Å². The third-order valence-corrected chi connectivity index (χ3v) is 3.14. The van der Waals surface area contributed by atoms with E-state index in [-0.39, 0.29) is 15.6 Å². The van der Waals surface area contributed by atoms with Crippen LogP contribution in [0.2, 0.25) is 5.02 Å². The largest absolute Gasteiger partial charge is 0.489 e. The highest BCUT2D eigenvalue weighted by molar-refractivity contribution is 9.10. The molecular formula is C12H12BrClFNO. The Bertz CT molecular complexity index is 471. The van der Waals surface area contributed by atoms with Crippen LogP contribution < -0.4 is 4.74 Å². The van der Waals surface area contributed by atoms with E-state index in [1.54, 1.807) is 6.92 Å². The first-order valence-electron chi connectivity index (χ1n) is 5.12. The van der Waals surface area contributed by atoms with Crippen molar-refractivity contribution in [1.82, 2.24) is 0 Å². The van der Waals surface area contributed by atoms with Gasteiger partial charge in [-0.2, -0.15) is 5.26 Å². The topological polar surface area (TPSA) is 33.0 Å². The van der Waals surface area contributed by atoms with Crippen molar-refractivity contribution < 1.29 is 9.13 Å². The van der Waals surface area contributed by atoms with Gasteiger partial charge in [-0.1, -0.05) is 11.6 Å². The van der Waals surface area contributed by atoms with Crippen molar-refractivity contribution in [3.05, 3.63) is 26.9 Å². The summed E-state index contributed by atoms with van der Waals surface area (Å²) >= 11 is 8.87. The molecule has 17 heavy (non-hydrogen) atoms. The van der Waals surface area contributed by atoms with Gasteiger partial charge < -0.3 is 4.74 Å². The summed E-state index contributed by atoms with van der Waals surface area (Å²) in [6.45, 7) is 5.38. The van der Waals surface area contributed by atoms with E-state index in [1.807, 2.05) is 13.8 Å². The molecule has 0 fully saturated rings. The van der Waals surface area contributed by atoms with Crippen molar-refractivity contribution in [2.45, 2.75) is 32.8 Å². The minimum absolute atomic E-state index is 0.0231. The Kier molecular flexibility index (Phi) is 4.79. The molecule has 0 aliphatic carbocycles. The van der Waals surface area contributed by atoms with Crippen LogP contribution in [-0.4, -0.2) is 6.10 Å². The molecule has 2 nitrogen and oxygen atoms in total. The Morgan fingerprint density at radius 3 is 2.53 bits per heavy atom. The number of rotatable bonds is 3. The van der Waals surface area contributed by atoms with Gasteiger partial charge >= 0.3 is 0 Å². The zero-order chi connectivity index (χ0) is 13.2. The number of nitriles is 1. The van der Waals surface area contributed by atoms with Gasteiger partial charge in [0.1, 0.15) is 5.75 Å². The minimum atomic E-state index is -0.573. The standard InChI is InChI=1S/C12H12BrClFNO/c1-6(2)17-12-8(7(3)5-16)4-9(14)11(15)10(12)13/h4,6-7H,1-3H3. The summed E-state index contributed by atoms with van der Waals surface area (Å²) in [5.74, 6) is -0.648. The zero-order valence-electron chi connectivity index (χ0n) is 9.72. The second-order valence-electron chi connectivity index (χ2n) is 3.92. The second-order valence-corrected chi connectivity index (χ2v) is 5.12. The predicted molar refractivity (Wildman–Crippen MR) is 68.9 cm³/mol. The number of hydrogen-bond donors (Lipinski definition) is 0. The molecule has 1 unspecified atom stereocenters. The normalized spacial score (nSPS) is 12.4. The molecule has 0 N–H and O–H groups in total. The summed E-state index contributed by atoms with van der Waals surface area (Å²) in [6, 6.07) is 3.52. The maximum Gasteiger partial charge on any atom is 0.159 e. The minimum Gasteiger partial charge on any atom is -0.489 e. The Morgan fingerprint density at radius 1 is 1.47 bits per heavy atom. The molecule has 0 aromatic heterocycles. The molecule has 1 rings (SSSR count). The number of ether oxygens (including phenoxy) is 1. The first-order chi connectivity index (χ1) is 7.88. The average molecular weight is 321 g/mol. The van der Waals surface area contributed by atoms with E-state index in [0.717, 1.165) is 0 Å². The monoisotopic (exact) mass is 319 g/mol. The van der Waals surface area contributed by atoms with Crippen molar-refractivity contribution in [1.29, 1.82) is 5.26 Å². The van der Waals surface area contributed by atoms with Crippen molar-refractivity contribution in [2.24, 2.45) is 0 Å². The number of benzene rings is 1. The lowest BCUT2D eigenvalue weighted by molar-refractivity contribution is 0.236. The van der Waals surface area contributed by atoms with Crippen LogP contribution in [-0.2, 0) is 0 Å². The molecule has 1 atom stereocenters. The highest BCUT2D eigenvalue weighted by atomic mass is 79.9. The molecule has 1 aromatic rings.